The Morgan fingerprint density at radius 2 is 0.648 bits per heavy atom. The molecule has 54 heavy (non-hydrogen) atoms. The Morgan fingerprint density at radius 3 is 0.963 bits per heavy atom. The monoisotopic (exact) mass is 765 g/mol. The number of hydrogen-bond donors (Lipinski definition) is 0. The SMILES string of the molecule is CCC(C)CCCCCCCCCCCCC(=O)OC[C@@H](COC(=O)CCCCCCCCCC(C)C)OC(=O)CCCCCCCCCCC(C)CC. The lowest BCUT2D eigenvalue weighted by Crippen LogP contribution is -2.30. The van der Waals surface area contributed by atoms with Crippen LogP contribution in [0.2, 0.25) is 0 Å². The van der Waals surface area contributed by atoms with Gasteiger partial charge >= 0.3 is 17.9 Å². The molecule has 0 spiro atoms. The third-order valence-corrected chi connectivity index (χ3v) is 11.4. The Hall–Kier alpha value is -1.59. The van der Waals surface area contributed by atoms with Gasteiger partial charge in [0.25, 0.3) is 0 Å². The van der Waals surface area contributed by atoms with Crippen LogP contribution in [0, 0.1) is 17.8 Å². The van der Waals surface area contributed by atoms with Crippen molar-refractivity contribution in [3.63, 3.8) is 0 Å². The van der Waals surface area contributed by atoms with E-state index in [4.69, 9.17) is 14.2 Å². The predicted octanol–water partition coefficient (Wildman–Crippen LogP) is 14.8. The van der Waals surface area contributed by atoms with Crippen molar-refractivity contribution in [3.8, 4) is 0 Å². The highest BCUT2D eigenvalue weighted by Crippen LogP contribution is 2.18. The van der Waals surface area contributed by atoms with E-state index >= 15 is 0 Å². The van der Waals surface area contributed by atoms with Gasteiger partial charge in [0.05, 0.1) is 0 Å². The van der Waals surface area contributed by atoms with Crippen LogP contribution in [0.1, 0.15) is 253 Å². The second-order valence-electron chi connectivity index (χ2n) is 17.4. The molecule has 6 nitrogen and oxygen atoms in total. The highest BCUT2D eigenvalue weighted by Gasteiger charge is 2.19. The van der Waals surface area contributed by atoms with E-state index in [2.05, 4.69) is 41.5 Å². The average Bonchev–Trinajstić information content (AvgIpc) is 3.15. The first-order valence-electron chi connectivity index (χ1n) is 23.7. The molecular weight excluding hydrogens is 673 g/mol. The van der Waals surface area contributed by atoms with Crippen molar-refractivity contribution in [2.45, 2.75) is 260 Å². The molecule has 0 fully saturated rings. The number of hydrogen-bond acceptors (Lipinski definition) is 6. The van der Waals surface area contributed by atoms with Crippen molar-refractivity contribution in [2.24, 2.45) is 17.8 Å². The molecule has 0 bridgehead atoms. The molecule has 0 saturated heterocycles. The average molecular weight is 765 g/mol. The number of esters is 3. The predicted molar refractivity (Wildman–Crippen MR) is 229 cm³/mol. The molecule has 0 heterocycles. The fraction of sp³-hybridized carbons (Fsp3) is 0.938. The van der Waals surface area contributed by atoms with Gasteiger partial charge < -0.3 is 14.2 Å². The largest absolute Gasteiger partial charge is 0.462 e. The van der Waals surface area contributed by atoms with Crippen LogP contribution in [0.15, 0.2) is 0 Å². The van der Waals surface area contributed by atoms with Crippen molar-refractivity contribution in [2.75, 3.05) is 13.2 Å². The maximum absolute atomic E-state index is 12.7. The van der Waals surface area contributed by atoms with E-state index in [1.54, 1.807) is 0 Å². The van der Waals surface area contributed by atoms with Gasteiger partial charge in [-0.1, -0.05) is 215 Å². The number of ether oxygens (including phenoxy) is 3. The Morgan fingerprint density at radius 1 is 0.370 bits per heavy atom. The third kappa shape index (κ3) is 38.7. The molecule has 2 unspecified atom stereocenters. The van der Waals surface area contributed by atoms with Crippen LogP contribution >= 0.6 is 0 Å². The Balaban J connectivity index is 4.35. The summed E-state index contributed by atoms with van der Waals surface area (Å²) >= 11 is 0. The summed E-state index contributed by atoms with van der Waals surface area (Å²) < 4.78 is 16.7. The second kappa shape index (κ2) is 39.6. The smallest absolute Gasteiger partial charge is 0.306 e. The van der Waals surface area contributed by atoms with E-state index in [-0.39, 0.29) is 31.1 Å². The fourth-order valence-corrected chi connectivity index (χ4v) is 6.99. The Bertz CT molecular complexity index is 841. The molecule has 0 saturated carbocycles. The molecule has 0 aromatic rings. The van der Waals surface area contributed by atoms with Gasteiger partial charge in [-0.15, -0.1) is 0 Å². The quantitative estimate of drug-likeness (QED) is 0.0350. The summed E-state index contributed by atoms with van der Waals surface area (Å²) in [4.78, 5) is 37.8. The molecule has 0 radical (unpaired) electrons. The summed E-state index contributed by atoms with van der Waals surface area (Å²) in [5.74, 6) is 1.63. The molecule has 0 amide bonds. The highest BCUT2D eigenvalue weighted by atomic mass is 16.6. The lowest BCUT2D eigenvalue weighted by molar-refractivity contribution is -0.167. The van der Waals surface area contributed by atoms with Gasteiger partial charge in [-0.25, -0.2) is 0 Å². The first kappa shape index (κ1) is 52.4. The maximum Gasteiger partial charge on any atom is 0.306 e. The number of rotatable bonds is 41. The summed E-state index contributed by atoms with van der Waals surface area (Å²) in [6.07, 6.45) is 36.5. The van der Waals surface area contributed by atoms with Crippen molar-refractivity contribution >= 4 is 17.9 Å². The molecule has 0 aliphatic rings. The minimum Gasteiger partial charge on any atom is -0.462 e. The lowest BCUT2D eigenvalue weighted by Gasteiger charge is -2.18. The van der Waals surface area contributed by atoms with Gasteiger partial charge in [0.1, 0.15) is 13.2 Å². The molecule has 0 aliphatic carbocycles. The van der Waals surface area contributed by atoms with Crippen LogP contribution in [-0.4, -0.2) is 37.2 Å². The molecule has 6 heteroatoms. The van der Waals surface area contributed by atoms with Crippen LogP contribution in [0.25, 0.3) is 0 Å². The van der Waals surface area contributed by atoms with E-state index in [0.29, 0.717) is 19.3 Å². The van der Waals surface area contributed by atoms with Crippen molar-refractivity contribution < 1.29 is 28.6 Å². The van der Waals surface area contributed by atoms with Crippen LogP contribution in [0.4, 0.5) is 0 Å². The zero-order valence-electron chi connectivity index (χ0n) is 37.0. The molecule has 3 atom stereocenters. The maximum atomic E-state index is 12.7. The van der Waals surface area contributed by atoms with E-state index in [0.717, 1.165) is 75.5 Å². The molecule has 0 aromatic heterocycles. The standard InChI is InChI=1S/C48H92O6/c1-7-43(5)35-29-23-17-11-9-10-12-19-25-31-37-46(49)52-40-45(41-53-47(50)38-32-26-21-15-16-22-28-34-42(3)4)54-48(51)39-33-27-20-14-13-18-24-30-36-44(6)8-2/h42-45H,7-41H2,1-6H3/t43?,44?,45-/m0/s1. The Kier molecular flexibility index (Phi) is 38.5. The van der Waals surface area contributed by atoms with Gasteiger partial charge in [0.2, 0.25) is 0 Å². The van der Waals surface area contributed by atoms with E-state index < -0.39 is 6.10 Å². The Labute approximate surface area is 336 Å². The summed E-state index contributed by atoms with van der Waals surface area (Å²) in [5.41, 5.74) is 0. The molecule has 0 N–H and O–H groups in total. The number of unbranched alkanes of at least 4 members (excludes halogenated alkanes) is 22. The zero-order valence-corrected chi connectivity index (χ0v) is 37.0. The first-order valence-corrected chi connectivity index (χ1v) is 23.7. The molecule has 0 aliphatic heterocycles. The van der Waals surface area contributed by atoms with Crippen LogP contribution in [0.5, 0.6) is 0 Å². The van der Waals surface area contributed by atoms with Crippen LogP contribution < -0.4 is 0 Å². The molecule has 0 rings (SSSR count). The van der Waals surface area contributed by atoms with Crippen LogP contribution in [0.3, 0.4) is 0 Å². The number of carbonyl (C=O) groups excluding carboxylic acids is 3. The lowest BCUT2D eigenvalue weighted by atomic mass is 9.99. The van der Waals surface area contributed by atoms with Crippen LogP contribution in [-0.2, 0) is 28.6 Å². The van der Waals surface area contributed by atoms with Gasteiger partial charge in [-0.3, -0.25) is 14.4 Å². The first-order chi connectivity index (χ1) is 26.2. The highest BCUT2D eigenvalue weighted by molar-refractivity contribution is 5.71. The second-order valence-corrected chi connectivity index (χ2v) is 17.4. The topological polar surface area (TPSA) is 78.9 Å². The third-order valence-electron chi connectivity index (χ3n) is 11.4. The molecular formula is C48H92O6. The van der Waals surface area contributed by atoms with Gasteiger partial charge in [0, 0.05) is 19.3 Å². The zero-order chi connectivity index (χ0) is 39.9. The van der Waals surface area contributed by atoms with E-state index in [1.165, 1.54) is 135 Å². The molecule has 320 valence electrons. The van der Waals surface area contributed by atoms with Gasteiger partial charge in [-0.05, 0) is 37.0 Å². The van der Waals surface area contributed by atoms with Gasteiger partial charge in [0.15, 0.2) is 6.10 Å². The summed E-state index contributed by atoms with van der Waals surface area (Å²) in [6, 6.07) is 0. The van der Waals surface area contributed by atoms with E-state index in [9.17, 15) is 14.4 Å². The van der Waals surface area contributed by atoms with E-state index in [1.807, 2.05) is 0 Å². The fourth-order valence-electron chi connectivity index (χ4n) is 6.99. The summed E-state index contributed by atoms with van der Waals surface area (Å²) in [7, 11) is 0. The number of carbonyl (C=O) groups is 3. The van der Waals surface area contributed by atoms with Crippen molar-refractivity contribution in [1.29, 1.82) is 0 Å². The summed E-state index contributed by atoms with van der Waals surface area (Å²) in [5, 5.41) is 0. The minimum atomic E-state index is -0.762. The van der Waals surface area contributed by atoms with Crippen molar-refractivity contribution in [3.05, 3.63) is 0 Å². The summed E-state index contributed by atoms with van der Waals surface area (Å²) in [6.45, 7) is 13.7. The molecule has 0 aromatic carbocycles. The van der Waals surface area contributed by atoms with Gasteiger partial charge in [-0.2, -0.15) is 0 Å². The normalized spacial score (nSPS) is 13.2. The minimum absolute atomic E-state index is 0.0664. The van der Waals surface area contributed by atoms with Crippen molar-refractivity contribution in [1.82, 2.24) is 0 Å².